The van der Waals surface area contributed by atoms with Gasteiger partial charge in [-0.2, -0.15) is 0 Å². The summed E-state index contributed by atoms with van der Waals surface area (Å²) in [4.78, 5) is 10.3. The molecule has 0 atom stereocenters. The number of carbonyl (C=O) groups is 1. The van der Waals surface area contributed by atoms with Crippen molar-refractivity contribution in [2.24, 2.45) is 0 Å². The number of hydrogen-bond donors (Lipinski definition) is 1. The van der Waals surface area contributed by atoms with Gasteiger partial charge in [-0.25, -0.2) is 9.18 Å². The standard InChI is InChI=1S/C12H9FO4/c13-9-3-1-8(2-4-9)10-5-6-12(17-10)16-7-11(14)15/h1-6H,7H2,(H,14,15). The van der Waals surface area contributed by atoms with Crippen molar-refractivity contribution in [3.05, 3.63) is 42.2 Å². The van der Waals surface area contributed by atoms with Crippen LogP contribution in [0.5, 0.6) is 5.95 Å². The normalized spacial score (nSPS) is 10.2. The van der Waals surface area contributed by atoms with Gasteiger partial charge in [0.05, 0.1) is 0 Å². The van der Waals surface area contributed by atoms with Crippen molar-refractivity contribution in [2.75, 3.05) is 6.61 Å². The van der Waals surface area contributed by atoms with E-state index in [1.165, 1.54) is 18.2 Å². The van der Waals surface area contributed by atoms with Crippen LogP contribution in [-0.4, -0.2) is 17.7 Å². The van der Waals surface area contributed by atoms with Crippen LogP contribution in [0, 0.1) is 5.82 Å². The second kappa shape index (κ2) is 4.69. The van der Waals surface area contributed by atoms with Gasteiger partial charge in [-0.1, -0.05) is 0 Å². The Kier molecular flexibility index (Phi) is 3.09. The lowest BCUT2D eigenvalue weighted by Gasteiger charge is -1.98. The van der Waals surface area contributed by atoms with Gasteiger partial charge >= 0.3 is 5.97 Å². The zero-order valence-electron chi connectivity index (χ0n) is 8.72. The SMILES string of the molecule is O=C(O)COc1ccc(-c2ccc(F)cc2)o1. The summed E-state index contributed by atoms with van der Waals surface area (Å²) in [6.07, 6.45) is 0. The van der Waals surface area contributed by atoms with Crippen molar-refractivity contribution in [2.45, 2.75) is 0 Å². The molecule has 0 amide bonds. The number of carboxylic acids is 1. The van der Waals surface area contributed by atoms with Crippen LogP contribution in [-0.2, 0) is 4.79 Å². The predicted octanol–water partition coefficient (Wildman–Crippen LogP) is 2.55. The van der Waals surface area contributed by atoms with E-state index in [9.17, 15) is 9.18 Å². The van der Waals surface area contributed by atoms with E-state index in [1.54, 1.807) is 18.2 Å². The Morgan fingerprint density at radius 2 is 1.94 bits per heavy atom. The molecule has 0 saturated carbocycles. The molecule has 0 aliphatic rings. The Morgan fingerprint density at radius 1 is 1.24 bits per heavy atom. The third-order valence-corrected chi connectivity index (χ3v) is 2.05. The van der Waals surface area contributed by atoms with E-state index < -0.39 is 12.6 Å². The minimum atomic E-state index is -1.08. The highest BCUT2D eigenvalue weighted by Crippen LogP contribution is 2.26. The Bertz CT molecular complexity index is 516. The molecule has 1 heterocycles. The lowest BCUT2D eigenvalue weighted by Crippen LogP contribution is -2.08. The second-order valence-corrected chi connectivity index (χ2v) is 3.31. The van der Waals surface area contributed by atoms with Gasteiger partial charge < -0.3 is 14.3 Å². The zero-order chi connectivity index (χ0) is 12.3. The maximum absolute atomic E-state index is 12.7. The van der Waals surface area contributed by atoms with Gasteiger partial charge in [-0.05, 0) is 30.3 Å². The van der Waals surface area contributed by atoms with Crippen LogP contribution in [0.15, 0.2) is 40.8 Å². The summed E-state index contributed by atoms with van der Waals surface area (Å²) in [6, 6.07) is 8.90. The number of halogens is 1. The monoisotopic (exact) mass is 236 g/mol. The first kappa shape index (κ1) is 11.2. The van der Waals surface area contributed by atoms with E-state index in [0.717, 1.165) is 0 Å². The van der Waals surface area contributed by atoms with Gasteiger partial charge in [0.1, 0.15) is 11.6 Å². The summed E-state index contributed by atoms with van der Waals surface area (Å²) in [7, 11) is 0. The molecule has 0 aliphatic heterocycles. The summed E-state index contributed by atoms with van der Waals surface area (Å²) in [5, 5.41) is 8.42. The Labute approximate surface area is 96.2 Å². The summed E-state index contributed by atoms with van der Waals surface area (Å²) in [5.41, 5.74) is 0.691. The van der Waals surface area contributed by atoms with Crippen LogP contribution in [0.2, 0.25) is 0 Å². The van der Waals surface area contributed by atoms with Crippen LogP contribution in [0.1, 0.15) is 0 Å². The van der Waals surface area contributed by atoms with Crippen molar-refractivity contribution >= 4 is 5.97 Å². The fourth-order valence-electron chi connectivity index (χ4n) is 1.30. The van der Waals surface area contributed by atoms with Gasteiger partial charge in [-0.3, -0.25) is 0 Å². The highest BCUT2D eigenvalue weighted by atomic mass is 19.1. The third-order valence-electron chi connectivity index (χ3n) is 2.05. The number of aliphatic carboxylic acids is 1. The molecular weight excluding hydrogens is 227 g/mol. The maximum atomic E-state index is 12.7. The number of ether oxygens (including phenoxy) is 1. The molecule has 2 rings (SSSR count). The Hall–Kier alpha value is -2.30. The van der Waals surface area contributed by atoms with Gasteiger partial charge in [0.25, 0.3) is 5.95 Å². The average molecular weight is 236 g/mol. The molecule has 5 heteroatoms. The molecule has 1 aromatic carbocycles. The second-order valence-electron chi connectivity index (χ2n) is 3.31. The summed E-state index contributed by atoms with van der Waals surface area (Å²) in [5.74, 6) is -0.801. The molecule has 0 bridgehead atoms. The quantitative estimate of drug-likeness (QED) is 0.886. The lowest BCUT2D eigenvalue weighted by molar-refractivity contribution is -0.139. The van der Waals surface area contributed by atoms with E-state index in [-0.39, 0.29) is 11.8 Å². The number of carboxylic acid groups (broad SMARTS) is 1. The van der Waals surface area contributed by atoms with Crippen molar-refractivity contribution in [1.29, 1.82) is 0 Å². The predicted molar refractivity (Wildman–Crippen MR) is 57.2 cm³/mol. The Morgan fingerprint density at radius 3 is 2.59 bits per heavy atom. The van der Waals surface area contributed by atoms with Crippen molar-refractivity contribution in [3.8, 4) is 17.3 Å². The molecule has 1 N–H and O–H groups in total. The molecule has 0 radical (unpaired) electrons. The number of furan rings is 1. The third kappa shape index (κ3) is 2.84. The fourth-order valence-corrected chi connectivity index (χ4v) is 1.30. The summed E-state index contributed by atoms with van der Waals surface area (Å²) < 4.78 is 22.8. The van der Waals surface area contributed by atoms with Gasteiger partial charge in [0, 0.05) is 11.6 Å². The van der Waals surface area contributed by atoms with Crippen LogP contribution < -0.4 is 4.74 Å². The molecule has 2 aromatic rings. The van der Waals surface area contributed by atoms with E-state index in [1.807, 2.05) is 0 Å². The van der Waals surface area contributed by atoms with E-state index in [4.69, 9.17) is 14.3 Å². The molecule has 4 nitrogen and oxygen atoms in total. The molecule has 0 unspecified atom stereocenters. The molecule has 0 aliphatic carbocycles. The van der Waals surface area contributed by atoms with Crippen LogP contribution >= 0.6 is 0 Å². The molecular formula is C12H9FO4. The van der Waals surface area contributed by atoms with Crippen LogP contribution in [0.25, 0.3) is 11.3 Å². The number of rotatable bonds is 4. The lowest BCUT2D eigenvalue weighted by atomic mass is 10.2. The topological polar surface area (TPSA) is 59.7 Å². The first-order valence-electron chi connectivity index (χ1n) is 4.85. The van der Waals surface area contributed by atoms with Gasteiger partial charge in [0.2, 0.25) is 0 Å². The summed E-state index contributed by atoms with van der Waals surface area (Å²) in [6.45, 7) is -0.462. The van der Waals surface area contributed by atoms with E-state index in [2.05, 4.69) is 0 Å². The fraction of sp³-hybridized carbons (Fsp3) is 0.0833. The van der Waals surface area contributed by atoms with Crippen molar-refractivity contribution in [3.63, 3.8) is 0 Å². The minimum absolute atomic E-state index is 0.117. The van der Waals surface area contributed by atoms with Gasteiger partial charge in [0.15, 0.2) is 6.61 Å². The van der Waals surface area contributed by atoms with Crippen molar-refractivity contribution < 1.29 is 23.4 Å². The van der Waals surface area contributed by atoms with Crippen LogP contribution in [0.4, 0.5) is 4.39 Å². The minimum Gasteiger partial charge on any atom is -0.479 e. The highest BCUT2D eigenvalue weighted by Gasteiger charge is 2.07. The number of benzene rings is 1. The molecule has 1 aromatic heterocycles. The molecule has 0 fully saturated rings. The first-order chi connectivity index (χ1) is 8.15. The van der Waals surface area contributed by atoms with Crippen LogP contribution in [0.3, 0.4) is 0 Å². The molecule has 17 heavy (non-hydrogen) atoms. The molecule has 0 saturated heterocycles. The highest BCUT2D eigenvalue weighted by molar-refractivity contribution is 5.68. The van der Waals surface area contributed by atoms with Gasteiger partial charge in [-0.15, -0.1) is 0 Å². The van der Waals surface area contributed by atoms with E-state index >= 15 is 0 Å². The molecule has 88 valence electrons. The largest absolute Gasteiger partial charge is 0.479 e. The maximum Gasteiger partial charge on any atom is 0.341 e. The smallest absolute Gasteiger partial charge is 0.341 e. The molecule has 0 spiro atoms. The summed E-state index contributed by atoms with van der Waals surface area (Å²) >= 11 is 0. The van der Waals surface area contributed by atoms with E-state index in [0.29, 0.717) is 11.3 Å². The average Bonchev–Trinajstić information content (AvgIpc) is 2.76. The zero-order valence-corrected chi connectivity index (χ0v) is 8.72. The Balaban J connectivity index is 2.12. The van der Waals surface area contributed by atoms with Crippen molar-refractivity contribution in [1.82, 2.24) is 0 Å². The number of hydrogen-bond acceptors (Lipinski definition) is 3. The first-order valence-corrected chi connectivity index (χ1v) is 4.85.